The van der Waals surface area contributed by atoms with Crippen LogP contribution in [-0.2, 0) is 6.54 Å². The molecule has 2 heterocycles. The Labute approximate surface area is 110 Å². The smallest absolute Gasteiger partial charge is 0.0236 e. The van der Waals surface area contributed by atoms with Crippen molar-refractivity contribution in [2.75, 3.05) is 26.2 Å². The monoisotopic (exact) mass is 245 g/mol. The standard InChI is InChI=1S/C15H23N3/c16-14-6-9-18(11-14)15-7-8-17(12-15)10-13-4-2-1-3-5-13/h1-5,14-15H,6-12,16H2/t14-,15?/m0/s1. The Morgan fingerprint density at radius 3 is 2.61 bits per heavy atom. The molecule has 2 atom stereocenters. The molecular formula is C15H23N3. The summed E-state index contributed by atoms with van der Waals surface area (Å²) in [5, 5.41) is 0. The van der Waals surface area contributed by atoms with Crippen molar-refractivity contribution in [3.8, 4) is 0 Å². The van der Waals surface area contributed by atoms with Crippen molar-refractivity contribution in [3.63, 3.8) is 0 Å². The summed E-state index contributed by atoms with van der Waals surface area (Å²) < 4.78 is 0. The quantitative estimate of drug-likeness (QED) is 0.871. The molecular weight excluding hydrogens is 222 g/mol. The van der Waals surface area contributed by atoms with Crippen LogP contribution in [0.1, 0.15) is 18.4 Å². The van der Waals surface area contributed by atoms with E-state index in [0.717, 1.165) is 19.1 Å². The van der Waals surface area contributed by atoms with Gasteiger partial charge < -0.3 is 5.73 Å². The maximum Gasteiger partial charge on any atom is 0.0236 e. The third kappa shape index (κ3) is 2.74. The minimum absolute atomic E-state index is 0.410. The average Bonchev–Trinajstić information content (AvgIpc) is 2.99. The number of benzene rings is 1. The highest BCUT2D eigenvalue weighted by molar-refractivity contribution is 5.14. The van der Waals surface area contributed by atoms with Crippen LogP contribution >= 0.6 is 0 Å². The summed E-state index contributed by atoms with van der Waals surface area (Å²) in [5.74, 6) is 0. The number of rotatable bonds is 3. The van der Waals surface area contributed by atoms with Gasteiger partial charge in [-0.05, 0) is 18.4 Å². The minimum Gasteiger partial charge on any atom is -0.326 e. The highest BCUT2D eigenvalue weighted by Crippen LogP contribution is 2.21. The molecule has 2 aliphatic rings. The molecule has 0 bridgehead atoms. The van der Waals surface area contributed by atoms with Crippen LogP contribution in [-0.4, -0.2) is 48.1 Å². The van der Waals surface area contributed by atoms with Gasteiger partial charge in [0.05, 0.1) is 0 Å². The first-order valence-corrected chi connectivity index (χ1v) is 7.07. The fourth-order valence-electron chi connectivity index (χ4n) is 3.24. The maximum absolute atomic E-state index is 6.00. The van der Waals surface area contributed by atoms with E-state index in [-0.39, 0.29) is 0 Å². The van der Waals surface area contributed by atoms with Crippen molar-refractivity contribution in [3.05, 3.63) is 35.9 Å². The third-order valence-corrected chi connectivity index (χ3v) is 4.27. The zero-order chi connectivity index (χ0) is 12.4. The van der Waals surface area contributed by atoms with E-state index in [1.807, 2.05) is 0 Å². The molecule has 1 unspecified atom stereocenters. The second kappa shape index (κ2) is 5.39. The van der Waals surface area contributed by atoms with Crippen LogP contribution in [0.4, 0.5) is 0 Å². The van der Waals surface area contributed by atoms with Gasteiger partial charge in [0, 0.05) is 44.8 Å². The lowest BCUT2D eigenvalue weighted by atomic mass is 10.2. The van der Waals surface area contributed by atoms with Gasteiger partial charge in [0.2, 0.25) is 0 Å². The van der Waals surface area contributed by atoms with Crippen molar-refractivity contribution in [2.24, 2.45) is 5.73 Å². The van der Waals surface area contributed by atoms with Crippen LogP contribution in [0.25, 0.3) is 0 Å². The van der Waals surface area contributed by atoms with Gasteiger partial charge in [-0.1, -0.05) is 30.3 Å². The summed E-state index contributed by atoms with van der Waals surface area (Å²) in [4.78, 5) is 5.17. The number of hydrogen-bond donors (Lipinski definition) is 1. The van der Waals surface area contributed by atoms with Crippen molar-refractivity contribution in [1.29, 1.82) is 0 Å². The molecule has 98 valence electrons. The van der Waals surface area contributed by atoms with Crippen LogP contribution in [0.2, 0.25) is 0 Å². The van der Waals surface area contributed by atoms with Crippen molar-refractivity contribution >= 4 is 0 Å². The summed E-state index contributed by atoms with van der Waals surface area (Å²) in [5.41, 5.74) is 7.42. The van der Waals surface area contributed by atoms with E-state index in [1.54, 1.807) is 0 Å². The molecule has 0 amide bonds. The molecule has 0 spiro atoms. The van der Waals surface area contributed by atoms with Gasteiger partial charge >= 0.3 is 0 Å². The number of hydrogen-bond acceptors (Lipinski definition) is 3. The summed E-state index contributed by atoms with van der Waals surface area (Å²) >= 11 is 0. The first-order valence-electron chi connectivity index (χ1n) is 7.07. The minimum atomic E-state index is 0.410. The molecule has 2 saturated heterocycles. The molecule has 0 aromatic heterocycles. The zero-order valence-electron chi connectivity index (χ0n) is 11.0. The fraction of sp³-hybridized carbons (Fsp3) is 0.600. The fourth-order valence-corrected chi connectivity index (χ4v) is 3.24. The van der Waals surface area contributed by atoms with E-state index in [4.69, 9.17) is 5.73 Å². The Morgan fingerprint density at radius 2 is 1.89 bits per heavy atom. The molecule has 2 fully saturated rings. The van der Waals surface area contributed by atoms with Gasteiger partial charge in [-0.2, -0.15) is 0 Å². The van der Waals surface area contributed by atoms with Gasteiger partial charge in [-0.15, -0.1) is 0 Å². The van der Waals surface area contributed by atoms with Crippen molar-refractivity contribution < 1.29 is 0 Å². The Morgan fingerprint density at radius 1 is 1.06 bits per heavy atom. The predicted octanol–water partition coefficient (Wildman–Crippen LogP) is 1.29. The number of likely N-dealkylation sites (tertiary alicyclic amines) is 2. The van der Waals surface area contributed by atoms with E-state index in [1.165, 1.54) is 38.0 Å². The maximum atomic E-state index is 6.00. The molecule has 3 rings (SSSR count). The van der Waals surface area contributed by atoms with Crippen LogP contribution in [0.15, 0.2) is 30.3 Å². The van der Waals surface area contributed by atoms with Gasteiger partial charge in [-0.25, -0.2) is 0 Å². The molecule has 0 aliphatic carbocycles. The highest BCUT2D eigenvalue weighted by Gasteiger charge is 2.31. The Kier molecular flexibility index (Phi) is 3.64. The molecule has 3 heteroatoms. The van der Waals surface area contributed by atoms with Crippen LogP contribution in [0.3, 0.4) is 0 Å². The Bertz CT molecular complexity index is 379. The normalized spacial score (nSPS) is 30.1. The van der Waals surface area contributed by atoms with Gasteiger partial charge in [0.15, 0.2) is 0 Å². The number of nitrogens with zero attached hydrogens (tertiary/aromatic N) is 2. The summed E-state index contributed by atoms with van der Waals surface area (Å²) in [6.07, 6.45) is 2.48. The average molecular weight is 245 g/mol. The van der Waals surface area contributed by atoms with Crippen molar-refractivity contribution in [2.45, 2.75) is 31.5 Å². The lowest BCUT2D eigenvalue weighted by molar-refractivity contribution is 0.227. The van der Waals surface area contributed by atoms with E-state index in [0.29, 0.717) is 6.04 Å². The van der Waals surface area contributed by atoms with E-state index < -0.39 is 0 Å². The van der Waals surface area contributed by atoms with Crippen LogP contribution in [0.5, 0.6) is 0 Å². The van der Waals surface area contributed by atoms with Gasteiger partial charge in [0.1, 0.15) is 0 Å². The van der Waals surface area contributed by atoms with Gasteiger partial charge in [-0.3, -0.25) is 9.80 Å². The first kappa shape index (κ1) is 12.2. The summed E-state index contributed by atoms with van der Waals surface area (Å²) in [7, 11) is 0. The molecule has 3 nitrogen and oxygen atoms in total. The molecule has 1 aromatic carbocycles. The van der Waals surface area contributed by atoms with E-state index in [2.05, 4.69) is 40.1 Å². The largest absolute Gasteiger partial charge is 0.326 e. The second-order valence-electron chi connectivity index (χ2n) is 5.71. The Balaban J connectivity index is 1.52. The van der Waals surface area contributed by atoms with Crippen LogP contribution in [0, 0.1) is 0 Å². The predicted molar refractivity (Wildman–Crippen MR) is 74.3 cm³/mol. The molecule has 2 N–H and O–H groups in total. The first-order chi connectivity index (χ1) is 8.81. The van der Waals surface area contributed by atoms with E-state index in [9.17, 15) is 0 Å². The molecule has 1 aromatic rings. The van der Waals surface area contributed by atoms with Gasteiger partial charge in [0.25, 0.3) is 0 Å². The Hall–Kier alpha value is -0.900. The van der Waals surface area contributed by atoms with Crippen LogP contribution < -0.4 is 5.73 Å². The molecule has 2 aliphatic heterocycles. The lowest BCUT2D eigenvalue weighted by Crippen LogP contribution is -2.37. The summed E-state index contributed by atoms with van der Waals surface area (Å²) in [6.45, 7) is 5.83. The SMILES string of the molecule is N[C@H]1CCN(C2CCN(Cc3ccccc3)C2)C1. The summed E-state index contributed by atoms with van der Waals surface area (Å²) in [6, 6.07) is 11.9. The molecule has 18 heavy (non-hydrogen) atoms. The topological polar surface area (TPSA) is 32.5 Å². The lowest BCUT2D eigenvalue weighted by Gasteiger charge is -2.24. The molecule has 0 radical (unpaired) electrons. The third-order valence-electron chi connectivity index (χ3n) is 4.27. The highest BCUT2D eigenvalue weighted by atomic mass is 15.3. The zero-order valence-corrected chi connectivity index (χ0v) is 11.0. The molecule has 0 saturated carbocycles. The number of nitrogens with two attached hydrogens (primary N) is 1. The second-order valence-corrected chi connectivity index (χ2v) is 5.71. The van der Waals surface area contributed by atoms with E-state index >= 15 is 0 Å². The van der Waals surface area contributed by atoms with Crippen molar-refractivity contribution in [1.82, 2.24) is 9.80 Å².